The van der Waals surface area contributed by atoms with Gasteiger partial charge >= 0.3 is 0 Å². The maximum Gasteiger partial charge on any atom is 0.256 e. The van der Waals surface area contributed by atoms with Gasteiger partial charge in [0.05, 0.1) is 0 Å². The summed E-state index contributed by atoms with van der Waals surface area (Å²) >= 11 is 0. The highest BCUT2D eigenvalue weighted by molar-refractivity contribution is 6.08. The van der Waals surface area contributed by atoms with Crippen LogP contribution in [0.3, 0.4) is 0 Å². The van der Waals surface area contributed by atoms with Crippen LogP contribution in [0, 0.1) is 0 Å². The van der Waals surface area contributed by atoms with E-state index < -0.39 is 0 Å². The number of nitrogens with zero attached hydrogens (tertiary/aromatic N) is 1. The van der Waals surface area contributed by atoms with Crippen LogP contribution in [0.5, 0.6) is 0 Å². The lowest BCUT2D eigenvalue weighted by Crippen LogP contribution is -2.47. The predicted molar refractivity (Wildman–Crippen MR) is 163 cm³/mol. The topological polar surface area (TPSA) is 73.5 Å². The number of likely N-dealkylation sites (N-methyl/N-ethyl adjacent to an activating group) is 1. The molecule has 40 heavy (non-hydrogen) atoms. The average Bonchev–Trinajstić information content (AvgIpc) is 3.01. The lowest BCUT2D eigenvalue weighted by atomic mass is 9.99. The van der Waals surface area contributed by atoms with Gasteiger partial charge < -0.3 is 15.5 Å². The fourth-order valence-corrected chi connectivity index (χ4v) is 5.29. The predicted octanol–water partition coefficient (Wildman–Crippen LogP) is 6.04. The van der Waals surface area contributed by atoms with Crippen LogP contribution in [0.2, 0.25) is 0 Å². The van der Waals surface area contributed by atoms with Crippen molar-refractivity contribution < 1.29 is 9.59 Å². The second kappa shape index (κ2) is 13.1. The van der Waals surface area contributed by atoms with Crippen LogP contribution in [0.1, 0.15) is 41.7 Å². The molecule has 3 N–H and O–H groups in total. The fraction of sp³-hybridized carbons (Fsp3) is 0.235. The normalized spacial score (nSPS) is 14.4. The van der Waals surface area contributed by atoms with Gasteiger partial charge in [-0.25, -0.2) is 0 Å². The van der Waals surface area contributed by atoms with Crippen molar-refractivity contribution in [3.63, 3.8) is 0 Å². The van der Waals surface area contributed by atoms with E-state index in [4.69, 9.17) is 0 Å². The smallest absolute Gasteiger partial charge is 0.256 e. The average molecular weight is 533 g/mol. The SMILES string of the molecule is CCNC(=O)C(NC1CCN(c2ccc(NC(=O)c3ccccc3-c3ccccc3)cc2)CC1)c1ccccc1. The summed E-state index contributed by atoms with van der Waals surface area (Å²) in [5.41, 5.74) is 5.46. The van der Waals surface area contributed by atoms with Crippen LogP contribution >= 0.6 is 0 Å². The minimum atomic E-state index is -0.354. The zero-order chi connectivity index (χ0) is 27.7. The molecule has 6 heteroatoms. The van der Waals surface area contributed by atoms with Gasteiger partial charge in [0, 0.05) is 42.6 Å². The molecule has 4 aromatic rings. The number of amides is 2. The number of piperidine rings is 1. The second-order valence-corrected chi connectivity index (χ2v) is 10.1. The van der Waals surface area contributed by atoms with Gasteiger partial charge in [0.2, 0.25) is 5.91 Å². The maximum absolute atomic E-state index is 13.2. The van der Waals surface area contributed by atoms with Crippen molar-refractivity contribution in [3.05, 3.63) is 120 Å². The molecule has 1 unspecified atom stereocenters. The van der Waals surface area contributed by atoms with Gasteiger partial charge in [-0.3, -0.25) is 14.9 Å². The van der Waals surface area contributed by atoms with Gasteiger partial charge in [-0.15, -0.1) is 0 Å². The van der Waals surface area contributed by atoms with Crippen LogP contribution in [0.25, 0.3) is 11.1 Å². The molecule has 1 saturated heterocycles. The first-order valence-electron chi connectivity index (χ1n) is 14.0. The molecule has 1 fully saturated rings. The molecule has 2 amide bonds. The Balaban J connectivity index is 1.18. The molecule has 0 saturated carbocycles. The summed E-state index contributed by atoms with van der Waals surface area (Å²) in [6.45, 7) is 4.34. The molecule has 0 bridgehead atoms. The quantitative estimate of drug-likeness (QED) is 0.246. The molecule has 204 valence electrons. The van der Waals surface area contributed by atoms with Crippen molar-refractivity contribution in [2.45, 2.75) is 31.8 Å². The third-order valence-corrected chi connectivity index (χ3v) is 7.39. The summed E-state index contributed by atoms with van der Waals surface area (Å²) in [6, 6.07) is 35.5. The highest BCUT2D eigenvalue weighted by atomic mass is 16.2. The molecule has 4 aromatic carbocycles. The van der Waals surface area contributed by atoms with E-state index in [9.17, 15) is 9.59 Å². The highest BCUT2D eigenvalue weighted by Gasteiger charge is 2.26. The molecular formula is C34H36N4O2. The molecular weight excluding hydrogens is 496 g/mol. The van der Waals surface area contributed by atoms with Crippen LogP contribution in [0.4, 0.5) is 11.4 Å². The molecule has 1 heterocycles. The van der Waals surface area contributed by atoms with Crippen molar-refractivity contribution in [1.82, 2.24) is 10.6 Å². The first kappa shape index (κ1) is 27.2. The lowest BCUT2D eigenvalue weighted by molar-refractivity contribution is -0.123. The van der Waals surface area contributed by atoms with Gasteiger partial charge in [-0.2, -0.15) is 0 Å². The standard InChI is InChI=1S/C34H36N4O2/c1-2-35-34(40)32(26-13-7-4-8-14-26)36-28-21-23-38(24-22-28)29-19-17-27(18-20-29)37-33(39)31-16-10-9-15-30(31)25-11-5-3-6-12-25/h3-20,28,32,36H,2,21-24H2,1H3,(H,35,40)(H,37,39). The molecule has 1 aliphatic heterocycles. The number of anilines is 2. The van der Waals surface area contributed by atoms with Gasteiger partial charge in [0.1, 0.15) is 6.04 Å². The minimum Gasteiger partial charge on any atom is -0.371 e. The molecule has 0 aromatic heterocycles. The van der Waals surface area contributed by atoms with Gasteiger partial charge in [-0.05, 0) is 66.8 Å². The van der Waals surface area contributed by atoms with Crippen LogP contribution in [-0.2, 0) is 4.79 Å². The summed E-state index contributed by atoms with van der Waals surface area (Å²) in [5, 5.41) is 9.63. The summed E-state index contributed by atoms with van der Waals surface area (Å²) < 4.78 is 0. The Labute approximate surface area is 236 Å². The fourth-order valence-electron chi connectivity index (χ4n) is 5.29. The zero-order valence-electron chi connectivity index (χ0n) is 22.8. The third-order valence-electron chi connectivity index (χ3n) is 7.39. The lowest BCUT2D eigenvalue weighted by Gasteiger charge is -2.35. The van der Waals surface area contributed by atoms with E-state index in [2.05, 4.69) is 33.0 Å². The Morgan fingerprint density at radius 1 is 0.800 bits per heavy atom. The first-order valence-corrected chi connectivity index (χ1v) is 14.0. The largest absolute Gasteiger partial charge is 0.371 e. The Hall–Kier alpha value is -4.42. The van der Waals surface area contributed by atoms with Crippen molar-refractivity contribution in [1.29, 1.82) is 0 Å². The second-order valence-electron chi connectivity index (χ2n) is 10.1. The highest BCUT2D eigenvalue weighted by Crippen LogP contribution is 2.26. The Morgan fingerprint density at radius 3 is 2.10 bits per heavy atom. The number of hydrogen-bond donors (Lipinski definition) is 3. The van der Waals surface area contributed by atoms with Gasteiger partial charge in [0.25, 0.3) is 5.91 Å². The summed E-state index contributed by atoms with van der Waals surface area (Å²) in [5.74, 6) is -0.112. The molecule has 6 nitrogen and oxygen atoms in total. The molecule has 1 aliphatic rings. The van der Waals surface area contributed by atoms with E-state index in [0.29, 0.717) is 12.1 Å². The van der Waals surface area contributed by atoms with E-state index >= 15 is 0 Å². The molecule has 1 atom stereocenters. The summed E-state index contributed by atoms with van der Waals surface area (Å²) in [6.07, 6.45) is 1.88. The Morgan fingerprint density at radius 2 is 1.43 bits per heavy atom. The number of nitrogens with one attached hydrogen (secondary N) is 3. The van der Waals surface area contributed by atoms with Crippen LogP contribution in [0.15, 0.2) is 109 Å². The number of carbonyl (C=O) groups is 2. The van der Waals surface area contributed by atoms with Gasteiger partial charge in [0.15, 0.2) is 0 Å². The molecule has 0 aliphatic carbocycles. The van der Waals surface area contributed by atoms with E-state index in [1.54, 1.807) is 0 Å². The van der Waals surface area contributed by atoms with Crippen molar-refractivity contribution in [3.8, 4) is 11.1 Å². The Bertz CT molecular complexity index is 1400. The van der Waals surface area contributed by atoms with Gasteiger partial charge in [-0.1, -0.05) is 78.9 Å². The van der Waals surface area contributed by atoms with E-state index in [1.807, 2.05) is 104 Å². The van der Waals surface area contributed by atoms with Crippen LogP contribution < -0.4 is 20.9 Å². The number of rotatable bonds is 9. The zero-order valence-corrected chi connectivity index (χ0v) is 22.8. The monoisotopic (exact) mass is 532 g/mol. The first-order chi connectivity index (χ1) is 19.6. The molecule has 0 spiro atoms. The Kier molecular flexibility index (Phi) is 8.89. The minimum absolute atomic E-state index is 0.0140. The summed E-state index contributed by atoms with van der Waals surface area (Å²) in [4.78, 5) is 28.3. The van der Waals surface area contributed by atoms with E-state index in [1.165, 1.54) is 0 Å². The third kappa shape index (κ3) is 6.58. The summed E-state index contributed by atoms with van der Waals surface area (Å²) in [7, 11) is 0. The molecule has 5 rings (SSSR count). The van der Waals surface area contributed by atoms with Crippen molar-refractivity contribution >= 4 is 23.2 Å². The molecule has 0 radical (unpaired) electrons. The number of hydrogen-bond acceptors (Lipinski definition) is 4. The van der Waals surface area contributed by atoms with Crippen LogP contribution in [-0.4, -0.2) is 37.5 Å². The van der Waals surface area contributed by atoms with Crippen molar-refractivity contribution in [2.24, 2.45) is 0 Å². The van der Waals surface area contributed by atoms with E-state index in [0.717, 1.165) is 54.0 Å². The maximum atomic E-state index is 13.2. The van der Waals surface area contributed by atoms with E-state index in [-0.39, 0.29) is 23.9 Å². The number of benzene rings is 4. The van der Waals surface area contributed by atoms with Crippen molar-refractivity contribution in [2.75, 3.05) is 29.9 Å². The number of carbonyl (C=O) groups excluding carboxylic acids is 2.